The Labute approximate surface area is 202 Å². The van der Waals surface area contributed by atoms with Gasteiger partial charge in [-0.15, -0.1) is 0 Å². The SMILES string of the molecule is CC(C)[Si](O[C@H]1C[C@@H](CNOCc2ccccc2)N(C(=O)OC(C)(C)C)C1)(C(C)C)C(C)C. The summed E-state index contributed by atoms with van der Waals surface area (Å²) in [5.41, 5.74) is 5.14. The van der Waals surface area contributed by atoms with Gasteiger partial charge in [0.05, 0.1) is 18.8 Å². The zero-order valence-electron chi connectivity index (χ0n) is 22.2. The second-order valence-electron chi connectivity index (χ2n) is 11.2. The molecule has 0 spiro atoms. The largest absolute Gasteiger partial charge is 0.444 e. The van der Waals surface area contributed by atoms with Crippen LogP contribution < -0.4 is 5.48 Å². The summed E-state index contributed by atoms with van der Waals surface area (Å²) in [6.07, 6.45) is 0.508. The van der Waals surface area contributed by atoms with Gasteiger partial charge < -0.3 is 14.1 Å². The van der Waals surface area contributed by atoms with Crippen LogP contribution in [0.25, 0.3) is 0 Å². The number of hydroxylamine groups is 1. The van der Waals surface area contributed by atoms with Crippen molar-refractivity contribution in [3.63, 3.8) is 0 Å². The number of carbonyl (C=O) groups is 1. The molecule has 0 radical (unpaired) electrons. The molecule has 1 fully saturated rings. The van der Waals surface area contributed by atoms with E-state index in [2.05, 4.69) is 47.0 Å². The molecule has 1 aliphatic heterocycles. The van der Waals surface area contributed by atoms with Crippen LogP contribution in [0.3, 0.4) is 0 Å². The molecular weight excluding hydrogens is 432 g/mol. The highest BCUT2D eigenvalue weighted by Crippen LogP contribution is 2.44. The van der Waals surface area contributed by atoms with Crippen LogP contribution in [-0.2, 0) is 20.6 Å². The van der Waals surface area contributed by atoms with Crippen LogP contribution in [0.2, 0.25) is 16.6 Å². The second-order valence-corrected chi connectivity index (χ2v) is 16.6. The van der Waals surface area contributed by atoms with Gasteiger partial charge in [-0.05, 0) is 49.4 Å². The first-order valence-corrected chi connectivity index (χ1v) is 14.6. The standard InChI is InChI=1S/C26H46N2O4Si/c1-19(2)33(20(3)4,21(5)6)32-24-15-23(28(17-24)25(29)31-26(7,8)9)16-27-30-18-22-13-11-10-12-14-22/h10-14,19-21,23-24,27H,15-18H2,1-9H3/t23-,24-/m0/s1. The summed E-state index contributed by atoms with van der Waals surface area (Å²) < 4.78 is 12.7. The van der Waals surface area contributed by atoms with Crippen LogP contribution in [0.4, 0.5) is 4.79 Å². The van der Waals surface area contributed by atoms with Gasteiger partial charge in [-0.1, -0.05) is 71.9 Å². The summed E-state index contributed by atoms with van der Waals surface area (Å²) in [7, 11) is -2.05. The predicted octanol–water partition coefficient (Wildman–Crippen LogP) is 6.28. The molecule has 188 valence electrons. The zero-order chi connectivity index (χ0) is 24.8. The third-order valence-corrected chi connectivity index (χ3v) is 12.7. The van der Waals surface area contributed by atoms with Crippen molar-refractivity contribution in [3.05, 3.63) is 35.9 Å². The van der Waals surface area contributed by atoms with E-state index >= 15 is 0 Å². The molecule has 1 aliphatic rings. The van der Waals surface area contributed by atoms with E-state index in [9.17, 15) is 4.79 Å². The Bertz CT molecular complexity index is 712. The highest BCUT2D eigenvalue weighted by molar-refractivity contribution is 6.77. The molecule has 1 N–H and O–H groups in total. The maximum absolute atomic E-state index is 13.0. The molecule has 7 heteroatoms. The molecule has 33 heavy (non-hydrogen) atoms. The smallest absolute Gasteiger partial charge is 0.410 e. The maximum Gasteiger partial charge on any atom is 0.410 e. The minimum absolute atomic E-state index is 0.0114. The van der Waals surface area contributed by atoms with Crippen LogP contribution in [0, 0.1) is 0 Å². The van der Waals surface area contributed by atoms with Crippen molar-refractivity contribution >= 4 is 14.4 Å². The highest BCUT2D eigenvalue weighted by Gasteiger charge is 2.49. The Morgan fingerprint density at radius 3 is 2.15 bits per heavy atom. The minimum Gasteiger partial charge on any atom is -0.444 e. The molecule has 1 aromatic carbocycles. The second kappa shape index (κ2) is 11.8. The number of hydrogen-bond donors (Lipinski definition) is 1. The summed E-state index contributed by atoms with van der Waals surface area (Å²) in [6.45, 7) is 21.0. The van der Waals surface area contributed by atoms with Gasteiger partial charge in [-0.2, -0.15) is 0 Å². The number of carbonyl (C=O) groups excluding carboxylic acids is 1. The third kappa shape index (κ3) is 7.54. The molecule has 0 saturated carbocycles. The number of rotatable bonds is 10. The molecule has 0 aliphatic carbocycles. The monoisotopic (exact) mass is 478 g/mol. The topological polar surface area (TPSA) is 60.0 Å². The van der Waals surface area contributed by atoms with Gasteiger partial charge in [0.25, 0.3) is 0 Å². The summed E-state index contributed by atoms with van der Waals surface area (Å²) in [6, 6.07) is 10.00. The summed E-state index contributed by atoms with van der Waals surface area (Å²) >= 11 is 0. The summed E-state index contributed by atoms with van der Waals surface area (Å²) in [5, 5.41) is 0. The number of ether oxygens (including phenoxy) is 1. The molecule has 0 bridgehead atoms. The molecule has 0 unspecified atom stereocenters. The Kier molecular flexibility index (Phi) is 9.97. The number of benzene rings is 1. The first-order valence-electron chi connectivity index (χ1n) is 12.4. The fraction of sp³-hybridized carbons (Fsp3) is 0.731. The van der Waals surface area contributed by atoms with E-state index in [0.717, 1.165) is 12.0 Å². The van der Waals surface area contributed by atoms with Gasteiger partial charge in [0.2, 0.25) is 8.32 Å². The Morgan fingerprint density at radius 2 is 1.64 bits per heavy atom. The van der Waals surface area contributed by atoms with Gasteiger partial charge in [0.1, 0.15) is 5.60 Å². The summed E-state index contributed by atoms with van der Waals surface area (Å²) in [4.78, 5) is 20.6. The fourth-order valence-electron chi connectivity index (χ4n) is 5.26. The van der Waals surface area contributed by atoms with Crippen LogP contribution >= 0.6 is 0 Å². The average Bonchev–Trinajstić information content (AvgIpc) is 3.11. The van der Waals surface area contributed by atoms with E-state index in [-0.39, 0.29) is 18.2 Å². The van der Waals surface area contributed by atoms with E-state index in [1.54, 1.807) is 0 Å². The van der Waals surface area contributed by atoms with Crippen molar-refractivity contribution in [2.45, 2.75) is 110 Å². The predicted molar refractivity (Wildman–Crippen MR) is 136 cm³/mol. The van der Waals surface area contributed by atoms with Crippen LogP contribution in [-0.4, -0.2) is 50.1 Å². The van der Waals surface area contributed by atoms with Gasteiger partial charge in [0.15, 0.2) is 0 Å². The normalized spacial score (nSPS) is 19.7. The molecule has 1 heterocycles. The minimum atomic E-state index is -2.05. The van der Waals surface area contributed by atoms with Crippen molar-refractivity contribution in [1.82, 2.24) is 10.4 Å². The molecule has 1 saturated heterocycles. The summed E-state index contributed by atoms with van der Waals surface area (Å²) in [5.74, 6) is 0. The average molecular weight is 479 g/mol. The van der Waals surface area contributed by atoms with Crippen molar-refractivity contribution in [2.75, 3.05) is 13.1 Å². The molecule has 1 aromatic rings. The van der Waals surface area contributed by atoms with Crippen molar-refractivity contribution in [3.8, 4) is 0 Å². The van der Waals surface area contributed by atoms with Gasteiger partial charge in [-0.3, -0.25) is 4.84 Å². The number of nitrogens with one attached hydrogen (secondary N) is 1. The Morgan fingerprint density at radius 1 is 1.06 bits per heavy atom. The molecule has 2 atom stereocenters. The fourth-order valence-corrected chi connectivity index (χ4v) is 10.8. The quantitative estimate of drug-likeness (QED) is 0.244. The van der Waals surface area contributed by atoms with E-state index in [4.69, 9.17) is 14.0 Å². The first-order chi connectivity index (χ1) is 15.4. The van der Waals surface area contributed by atoms with Crippen molar-refractivity contribution in [2.24, 2.45) is 0 Å². The van der Waals surface area contributed by atoms with Gasteiger partial charge in [0, 0.05) is 13.1 Å². The van der Waals surface area contributed by atoms with Gasteiger partial charge >= 0.3 is 6.09 Å². The van der Waals surface area contributed by atoms with Crippen LogP contribution in [0.15, 0.2) is 30.3 Å². The molecular formula is C26H46N2O4Si. The highest BCUT2D eigenvalue weighted by atomic mass is 28.4. The first kappa shape index (κ1) is 27.8. The lowest BCUT2D eigenvalue weighted by atomic mass is 10.2. The number of amides is 1. The van der Waals surface area contributed by atoms with Crippen molar-refractivity contribution in [1.29, 1.82) is 0 Å². The van der Waals surface area contributed by atoms with E-state index < -0.39 is 13.9 Å². The Hall–Kier alpha value is -1.41. The van der Waals surface area contributed by atoms with E-state index in [0.29, 0.717) is 36.3 Å². The number of hydrogen-bond acceptors (Lipinski definition) is 5. The van der Waals surface area contributed by atoms with Gasteiger partial charge in [-0.25, -0.2) is 10.3 Å². The lowest BCUT2D eigenvalue weighted by molar-refractivity contribution is 0.00165. The number of likely N-dealkylation sites (tertiary alicyclic amines) is 1. The van der Waals surface area contributed by atoms with E-state index in [1.165, 1.54) is 0 Å². The van der Waals surface area contributed by atoms with Crippen LogP contribution in [0.5, 0.6) is 0 Å². The third-order valence-electron chi connectivity index (χ3n) is 6.58. The maximum atomic E-state index is 13.0. The van der Waals surface area contributed by atoms with Crippen molar-refractivity contribution < 1.29 is 18.8 Å². The molecule has 0 aromatic heterocycles. The molecule has 6 nitrogen and oxygen atoms in total. The van der Waals surface area contributed by atoms with Crippen LogP contribution in [0.1, 0.15) is 74.3 Å². The molecule has 2 rings (SSSR count). The van der Waals surface area contributed by atoms with E-state index in [1.807, 2.05) is 56.0 Å². The lowest BCUT2D eigenvalue weighted by Gasteiger charge is -2.44. The lowest BCUT2D eigenvalue weighted by Crippen LogP contribution is -2.50. The molecule has 1 amide bonds. The Balaban J connectivity index is 2.10. The zero-order valence-corrected chi connectivity index (χ0v) is 23.2. The number of nitrogens with zero attached hydrogens (tertiary/aromatic N) is 1.